The van der Waals surface area contributed by atoms with Gasteiger partial charge in [-0.15, -0.1) is 0 Å². The molecule has 0 aliphatic heterocycles. The van der Waals surface area contributed by atoms with Crippen LogP contribution in [0.5, 0.6) is 0 Å². The quantitative estimate of drug-likeness (QED) is 0.352. The smallest absolute Gasteiger partial charge is 0.264 e. The zero-order valence-electron chi connectivity index (χ0n) is 19.1. The number of hydrogen-bond acceptors (Lipinski definition) is 6. The molecular formula is C24H23ClN4O4S. The van der Waals surface area contributed by atoms with Crippen molar-refractivity contribution in [2.75, 3.05) is 4.72 Å². The molecule has 0 radical (unpaired) electrons. The highest BCUT2D eigenvalue weighted by Gasteiger charge is 2.23. The number of aromatic nitrogens is 3. The van der Waals surface area contributed by atoms with Gasteiger partial charge in [0.15, 0.2) is 10.9 Å². The van der Waals surface area contributed by atoms with Gasteiger partial charge in [0.1, 0.15) is 11.5 Å². The van der Waals surface area contributed by atoms with E-state index < -0.39 is 10.0 Å². The molecule has 0 unspecified atom stereocenters. The van der Waals surface area contributed by atoms with Crippen molar-refractivity contribution in [1.82, 2.24) is 14.7 Å². The zero-order chi connectivity index (χ0) is 24.6. The molecule has 0 saturated heterocycles. The molecule has 2 aromatic heterocycles. The maximum Gasteiger partial charge on any atom is 0.264 e. The molecule has 0 atom stereocenters. The van der Waals surface area contributed by atoms with Crippen molar-refractivity contribution in [2.24, 2.45) is 0 Å². The Kier molecular flexibility index (Phi) is 6.33. The van der Waals surface area contributed by atoms with Gasteiger partial charge < -0.3 is 9.09 Å². The highest BCUT2D eigenvalue weighted by atomic mass is 35.5. The maximum atomic E-state index is 13.2. The number of sulfonamides is 1. The maximum absolute atomic E-state index is 13.2. The number of hydrogen-bond donors (Lipinski definition) is 1. The summed E-state index contributed by atoms with van der Waals surface area (Å²) in [5.41, 5.74) is 3.79. The second-order valence-electron chi connectivity index (χ2n) is 7.96. The van der Waals surface area contributed by atoms with E-state index in [1.54, 1.807) is 49.6 Å². The van der Waals surface area contributed by atoms with Gasteiger partial charge in [-0.1, -0.05) is 59.2 Å². The molecule has 2 heterocycles. The molecule has 4 rings (SSSR count). The van der Waals surface area contributed by atoms with Gasteiger partial charge in [0, 0.05) is 24.6 Å². The van der Waals surface area contributed by atoms with Crippen molar-refractivity contribution in [3.05, 3.63) is 82.0 Å². The number of anilines is 1. The summed E-state index contributed by atoms with van der Waals surface area (Å²) in [5, 5.41) is 3.99. The largest absolute Gasteiger partial charge is 0.337 e. The Morgan fingerprint density at radius 2 is 1.76 bits per heavy atom. The molecule has 1 N–H and O–H groups in total. The summed E-state index contributed by atoms with van der Waals surface area (Å²) in [6.07, 6.45) is 0. The van der Waals surface area contributed by atoms with E-state index in [0.717, 1.165) is 11.1 Å². The average Bonchev–Trinajstić information content (AvgIpc) is 3.26. The number of carbonyl (C=O) groups excluding carboxylic acids is 1. The van der Waals surface area contributed by atoms with E-state index >= 15 is 0 Å². The minimum Gasteiger partial charge on any atom is -0.337 e. The van der Waals surface area contributed by atoms with Gasteiger partial charge in [-0.25, -0.2) is 18.1 Å². The lowest BCUT2D eigenvalue weighted by molar-refractivity contribution is 0.100. The SMILES string of the molecule is CC(=O)c1c(Cl)nc(C)n1Cc1ccc(-c2ccccc2S(=O)(=O)Nc2onc(C)c2C)cc1. The van der Waals surface area contributed by atoms with E-state index in [0.29, 0.717) is 34.9 Å². The summed E-state index contributed by atoms with van der Waals surface area (Å²) in [5.74, 6) is 0.573. The van der Waals surface area contributed by atoms with E-state index in [9.17, 15) is 13.2 Å². The topological polar surface area (TPSA) is 107 Å². The van der Waals surface area contributed by atoms with Crippen molar-refractivity contribution in [3.8, 4) is 11.1 Å². The Morgan fingerprint density at radius 1 is 1.09 bits per heavy atom. The van der Waals surface area contributed by atoms with Crippen LogP contribution in [0.3, 0.4) is 0 Å². The Balaban J connectivity index is 1.65. The Morgan fingerprint density at radius 3 is 2.38 bits per heavy atom. The third kappa shape index (κ3) is 4.49. The fourth-order valence-corrected chi connectivity index (χ4v) is 5.29. The Labute approximate surface area is 202 Å². The predicted molar refractivity (Wildman–Crippen MR) is 130 cm³/mol. The summed E-state index contributed by atoms with van der Waals surface area (Å²) in [4.78, 5) is 16.3. The molecule has 10 heteroatoms. The lowest BCUT2D eigenvalue weighted by atomic mass is 10.0. The minimum atomic E-state index is -3.93. The van der Waals surface area contributed by atoms with Crippen LogP contribution in [-0.4, -0.2) is 28.9 Å². The van der Waals surface area contributed by atoms with E-state index in [1.807, 2.05) is 24.3 Å². The molecule has 0 spiro atoms. The van der Waals surface area contributed by atoms with Crippen LogP contribution in [0.25, 0.3) is 11.1 Å². The van der Waals surface area contributed by atoms with Gasteiger partial charge in [0.25, 0.3) is 10.0 Å². The number of imidazole rings is 1. The third-order valence-corrected chi connectivity index (χ3v) is 7.27. The van der Waals surface area contributed by atoms with Crippen molar-refractivity contribution in [3.63, 3.8) is 0 Å². The van der Waals surface area contributed by atoms with E-state index in [4.69, 9.17) is 16.1 Å². The Hall–Kier alpha value is -3.43. The van der Waals surface area contributed by atoms with Crippen LogP contribution in [-0.2, 0) is 16.6 Å². The summed E-state index contributed by atoms with van der Waals surface area (Å²) in [7, 11) is -3.93. The van der Waals surface area contributed by atoms with Crippen LogP contribution in [0, 0.1) is 20.8 Å². The van der Waals surface area contributed by atoms with Gasteiger partial charge in [-0.2, -0.15) is 0 Å². The number of ketones is 1. The first-order valence-corrected chi connectivity index (χ1v) is 12.3. The van der Waals surface area contributed by atoms with Crippen molar-refractivity contribution >= 4 is 33.3 Å². The molecule has 34 heavy (non-hydrogen) atoms. The third-order valence-electron chi connectivity index (χ3n) is 5.62. The van der Waals surface area contributed by atoms with E-state index in [-0.39, 0.29) is 21.7 Å². The molecule has 8 nitrogen and oxygen atoms in total. The molecule has 0 bridgehead atoms. The molecule has 0 saturated carbocycles. The van der Waals surface area contributed by atoms with E-state index in [1.165, 1.54) is 6.92 Å². The monoisotopic (exact) mass is 498 g/mol. The molecular weight excluding hydrogens is 476 g/mol. The molecule has 176 valence electrons. The first-order chi connectivity index (χ1) is 16.1. The fourth-order valence-electron chi connectivity index (χ4n) is 3.66. The molecule has 0 aliphatic rings. The van der Waals surface area contributed by atoms with Gasteiger partial charge >= 0.3 is 0 Å². The molecule has 0 fully saturated rings. The number of carbonyl (C=O) groups is 1. The average molecular weight is 499 g/mol. The van der Waals surface area contributed by atoms with Crippen LogP contribution in [0.2, 0.25) is 5.15 Å². The second-order valence-corrected chi connectivity index (χ2v) is 9.97. The van der Waals surface area contributed by atoms with Crippen molar-refractivity contribution < 1.29 is 17.7 Å². The second kappa shape index (κ2) is 9.08. The first-order valence-electron chi connectivity index (χ1n) is 10.5. The molecule has 4 aromatic rings. The number of benzene rings is 2. The highest BCUT2D eigenvalue weighted by Crippen LogP contribution is 2.30. The minimum absolute atomic E-state index is 0.0956. The number of nitrogens with one attached hydrogen (secondary N) is 1. The van der Waals surface area contributed by atoms with Gasteiger partial charge in [0.2, 0.25) is 5.88 Å². The lowest BCUT2D eigenvalue weighted by Crippen LogP contribution is -2.14. The van der Waals surface area contributed by atoms with Crippen LogP contribution < -0.4 is 4.72 Å². The first kappa shape index (κ1) is 23.7. The zero-order valence-corrected chi connectivity index (χ0v) is 20.7. The van der Waals surface area contributed by atoms with Crippen LogP contribution in [0.1, 0.15) is 40.1 Å². The van der Waals surface area contributed by atoms with Crippen molar-refractivity contribution in [2.45, 2.75) is 39.1 Å². The summed E-state index contributed by atoms with van der Waals surface area (Å²) in [6, 6.07) is 14.2. The predicted octanol–water partition coefficient (Wildman–Crippen LogP) is 5.17. The van der Waals surface area contributed by atoms with Gasteiger partial charge in [-0.05, 0) is 38.0 Å². The van der Waals surface area contributed by atoms with Gasteiger partial charge in [-0.3, -0.25) is 4.79 Å². The normalized spacial score (nSPS) is 11.6. The van der Waals surface area contributed by atoms with Crippen LogP contribution >= 0.6 is 11.6 Å². The molecule has 2 aromatic carbocycles. The number of halogens is 1. The summed E-state index contributed by atoms with van der Waals surface area (Å²) >= 11 is 6.12. The molecule has 0 amide bonds. The fraction of sp³-hybridized carbons (Fsp3) is 0.208. The van der Waals surface area contributed by atoms with Crippen LogP contribution in [0.4, 0.5) is 5.88 Å². The number of aryl methyl sites for hydroxylation is 2. The number of Topliss-reactive ketones (excluding diaryl/α,β-unsaturated/α-hetero) is 1. The lowest BCUT2D eigenvalue weighted by Gasteiger charge is -2.13. The number of nitrogens with zero attached hydrogens (tertiary/aromatic N) is 3. The summed E-state index contributed by atoms with van der Waals surface area (Å²) < 4.78 is 35.7. The Bertz CT molecular complexity index is 1490. The van der Waals surface area contributed by atoms with E-state index in [2.05, 4.69) is 14.9 Å². The highest BCUT2D eigenvalue weighted by molar-refractivity contribution is 7.92. The molecule has 0 aliphatic carbocycles. The van der Waals surface area contributed by atoms with Gasteiger partial charge in [0.05, 0.1) is 10.6 Å². The summed E-state index contributed by atoms with van der Waals surface area (Å²) in [6.45, 7) is 7.13. The van der Waals surface area contributed by atoms with Crippen LogP contribution in [0.15, 0.2) is 57.9 Å². The standard InChI is InChI=1S/C24H23ClN4O4S/c1-14-15(2)27-33-24(14)28-34(31,32)21-8-6-5-7-20(21)19-11-9-18(10-12-19)13-29-17(4)26-23(25)22(29)16(3)30/h5-12,28H,13H2,1-4H3. The number of rotatable bonds is 7. The van der Waals surface area contributed by atoms with Crippen molar-refractivity contribution in [1.29, 1.82) is 0 Å².